The number of hydrogen-bond acceptors (Lipinski definition) is 3. The summed E-state index contributed by atoms with van der Waals surface area (Å²) in [5.74, 6) is 0.0853. The van der Waals surface area contributed by atoms with E-state index in [0.29, 0.717) is 12.8 Å². The van der Waals surface area contributed by atoms with Crippen molar-refractivity contribution in [1.82, 2.24) is 0 Å². The fraction of sp³-hybridized carbons (Fsp3) is 0.475. The van der Waals surface area contributed by atoms with Crippen molar-refractivity contribution in [2.75, 3.05) is 0 Å². The zero-order valence-electron chi connectivity index (χ0n) is 28.4. The summed E-state index contributed by atoms with van der Waals surface area (Å²) in [6.45, 7) is 20.9. The highest BCUT2D eigenvalue weighted by atomic mass is 16.3. The molecule has 0 saturated heterocycles. The molecule has 2 aliphatic carbocycles. The van der Waals surface area contributed by atoms with E-state index in [9.17, 15) is 15.0 Å². The Morgan fingerprint density at radius 3 is 1.63 bits per heavy atom. The second kappa shape index (κ2) is 15.6. The average molecular weight is 585 g/mol. The highest BCUT2D eigenvalue weighted by molar-refractivity contribution is 5.95. The molecule has 0 spiro atoms. The second-order valence-corrected chi connectivity index (χ2v) is 14.2. The van der Waals surface area contributed by atoms with Crippen LogP contribution in [0.2, 0.25) is 0 Å². The first-order valence-corrected chi connectivity index (χ1v) is 15.7. The van der Waals surface area contributed by atoms with Gasteiger partial charge in [0.05, 0.1) is 12.2 Å². The highest BCUT2D eigenvalue weighted by Crippen LogP contribution is 2.53. The molecule has 1 fully saturated rings. The van der Waals surface area contributed by atoms with Crippen molar-refractivity contribution in [1.29, 1.82) is 0 Å². The number of aliphatic hydroxyl groups excluding tert-OH is 2. The molecule has 0 bridgehead atoms. The summed E-state index contributed by atoms with van der Waals surface area (Å²) in [5, 5.41) is 20.2. The predicted molar refractivity (Wildman–Crippen MR) is 185 cm³/mol. The SMILES string of the molecule is CC1=C(\C=C/C(C)=C/C=C/C(C)=C/C=C/C=C(C)\C=C\C=C(C)\C=C\C(=O)[C@]2(C)C[C@H](O)CC2(C)C)C(C)(C)C[C@@H](O)C1. The van der Waals surface area contributed by atoms with E-state index in [2.05, 4.69) is 97.9 Å². The van der Waals surface area contributed by atoms with Crippen molar-refractivity contribution in [2.24, 2.45) is 16.2 Å². The molecule has 0 aromatic carbocycles. The van der Waals surface area contributed by atoms with Gasteiger partial charge in [-0.05, 0) is 82.8 Å². The predicted octanol–water partition coefficient (Wildman–Crippen LogP) is 9.81. The van der Waals surface area contributed by atoms with Gasteiger partial charge in [-0.15, -0.1) is 0 Å². The third-order valence-electron chi connectivity index (χ3n) is 9.18. The van der Waals surface area contributed by atoms with Crippen LogP contribution in [0.4, 0.5) is 0 Å². The van der Waals surface area contributed by atoms with E-state index >= 15 is 0 Å². The van der Waals surface area contributed by atoms with Crippen LogP contribution in [0.1, 0.15) is 94.9 Å². The van der Waals surface area contributed by atoms with Crippen molar-refractivity contribution in [3.05, 3.63) is 119 Å². The second-order valence-electron chi connectivity index (χ2n) is 14.2. The van der Waals surface area contributed by atoms with Gasteiger partial charge in [0, 0.05) is 5.41 Å². The van der Waals surface area contributed by atoms with Gasteiger partial charge in [-0.3, -0.25) is 4.79 Å². The Morgan fingerprint density at radius 2 is 1.14 bits per heavy atom. The molecule has 0 radical (unpaired) electrons. The van der Waals surface area contributed by atoms with Gasteiger partial charge in [0.15, 0.2) is 5.78 Å². The fourth-order valence-electron chi connectivity index (χ4n) is 6.19. The van der Waals surface area contributed by atoms with Gasteiger partial charge in [-0.25, -0.2) is 0 Å². The summed E-state index contributed by atoms with van der Waals surface area (Å²) in [7, 11) is 0. The van der Waals surface area contributed by atoms with E-state index in [1.165, 1.54) is 16.7 Å². The molecular formula is C40H56O3. The Kier molecular flexibility index (Phi) is 13.2. The molecule has 234 valence electrons. The lowest BCUT2D eigenvalue weighted by molar-refractivity contribution is -0.127. The minimum absolute atomic E-state index is 0.00528. The minimum Gasteiger partial charge on any atom is -0.393 e. The molecule has 43 heavy (non-hydrogen) atoms. The molecular weight excluding hydrogens is 528 g/mol. The maximum absolute atomic E-state index is 12.9. The summed E-state index contributed by atoms with van der Waals surface area (Å²) in [5.41, 5.74) is 6.34. The smallest absolute Gasteiger partial charge is 0.162 e. The lowest BCUT2D eigenvalue weighted by atomic mass is 9.66. The molecule has 0 heterocycles. The molecule has 0 unspecified atom stereocenters. The standard InChI is InChI=1S/C40H56O3/c1-29(17-13-19-31(3)21-23-36-33(5)25-34(41)26-38(36,6)7)15-11-12-16-30(2)18-14-20-32(4)22-24-37(43)40(10)28-35(42)27-39(40,8)9/h11-24,34-35,41-42H,25-28H2,1-10H3/b12-11+,17-13+,18-14+,23-21-,24-22+,29-15+,30-16-,31-19+,32-20+/t34-,35+,40-/m0/s1. The zero-order chi connectivity index (χ0) is 32.4. The van der Waals surface area contributed by atoms with Crippen LogP contribution in [0.5, 0.6) is 0 Å². The fourth-order valence-corrected chi connectivity index (χ4v) is 6.19. The van der Waals surface area contributed by atoms with Gasteiger partial charge in [-0.1, -0.05) is 141 Å². The summed E-state index contributed by atoms with van der Waals surface area (Å²) < 4.78 is 0. The van der Waals surface area contributed by atoms with Gasteiger partial charge in [0.25, 0.3) is 0 Å². The van der Waals surface area contributed by atoms with E-state index in [1.807, 2.05) is 50.3 Å². The van der Waals surface area contributed by atoms with Gasteiger partial charge >= 0.3 is 0 Å². The normalized spacial score (nSPS) is 27.7. The molecule has 1 saturated carbocycles. The number of allylic oxidation sites excluding steroid dienone is 19. The summed E-state index contributed by atoms with van der Waals surface area (Å²) in [4.78, 5) is 12.9. The molecule has 0 aliphatic heterocycles. The molecule has 0 aromatic heterocycles. The largest absolute Gasteiger partial charge is 0.393 e. The molecule has 2 N–H and O–H groups in total. The van der Waals surface area contributed by atoms with E-state index in [4.69, 9.17) is 0 Å². The number of ketones is 1. The molecule has 0 aromatic rings. The zero-order valence-corrected chi connectivity index (χ0v) is 28.4. The minimum atomic E-state index is -0.532. The van der Waals surface area contributed by atoms with Crippen LogP contribution in [-0.2, 0) is 4.79 Å². The van der Waals surface area contributed by atoms with Crippen molar-refractivity contribution in [2.45, 2.75) is 107 Å². The maximum atomic E-state index is 12.9. The Morgan fingerprint density at radius 1 is 0.651 bits per heavy atom. The first-order chi connectivity index (χ1) is 20.0. The van der Waals surface area contributed by atoms with Crippen LogP contribution in [0.15, 0.2) is 119 Å². The van der Waals surface area contributed by atoms with Gasteiger partial charge in [0.1, 0.15) is 0 Å². The molecule has 2 aliphatic rings. The first-order valence-electron chi connectivity index (χ1n) is 15.7. The number of aliphatic hydroxyl groups is 2. The Labute approximate surface area is 262 Å². The van der Waals surface area contributed by atoms with E-state index in [1.54, 1.807) is 6.08 Å². The number of rotatable bonds is 11. The van der Waals surface area contributed by atoms with Crippen molar-refractivity contribution in [3.63, 3.8) is 0 Å². The lowest BCUT2D eigenvalue weighted by Crippen LogP contribution is -2.36. The highest BCUT2D eigenvalue weighted by Gasteiger charge is 2.52. The quantitative estimate of drug-likeness (QED) is 0.188. The van der Waals surface area contributed by atoms with Crippen molar-refractivity contribution in [3.8, 4) is 0 Å². The summed E-state index contributed by atoms with van der Waals surface area (Å²) in [6.07, 6.45) is 30.6. The Balaban J connectivity index is 1.89. The Bertz CT molecular complexity index is 1310. The van der Waals surface area contributed by atoms with Crippen molar-refractivity contribution >= 4 is 5.78 Å². The third kappa shape index (κ3) is 10.9. The average Bonchev–Trinajstić information content (AvgIpc) is 3.10. The van der Waals surface area contributed by atoms with E-state index in [0.717, 1.165) is 29.6 Å². The number of carbonyl (C=O) groups excluding carboxylic acids is 1. The van der Waals surface area contributed by atoms with Crippen LogP contribution >= 0.6 is 0 Å². The van der Waals surface area contributed by atoms with Crippen LogP contribution in [0.25, 0.3) is 0 Å². The molecule has 3 atom stereocenters. The van der Waals surface area contributed by atoms with Crippen LogP contribution in [0, 0.1) is 16.2 Å². The van der Waals surface area contributed by atoms with E-state index < -0.39 is 11.5 Å². The summed E-state index contributed by atoms with van der Waals surface area (Å²) >= 11 is 0. The van der Waals surface area contributed by atoms with Gasteiger partial charge in [0.2, 0.25) is 0 Å². The van der Waals surface area contributed by atoms with Gasteiger partial charge < -0.3 is 10.2 Å². The number of carbonyl (C=O) groups is 1. The summed E-state index contributed by atoms with van der Waals surface area (Å²) in [6, 6.07) is 0. The topological polar surface area (TPSA) is 57.5 Å². The number of hydrogen-bond donors (Lipinski definition) is 2. The monoisotopic (exact) mass is 584 g/mol. The molecule has 3 nitrogen and oxygen atoms in total. The lowest BCUT2D eigenvalue weighted by Gasteiger charge is -2.35. The third-order valence-corrected chi connectivity index (χ3v) is 9.18. The van der Waals surface area contributed by atoms with E-state index in [-0.39, 0.29) is 22.7 Å². The Hall–Kier alpha value is -3.01. The maximum Gasteiger partial charge on any atom is 0.162 e. The van der Waals surface area contributed by atoms with Crippen molar-refractivity contribution < 1.29 is 15.0 Å². The van der Waals surface area contributed by atoms with Gasteiger partial charge in [-0.2, -0.15) is 0 Å². The van der Waals surface area contributed by atoms with Crippen LogP contribution < -0.4 is 0 Å². The van der Waals surface area contributed by atoms with Crippen LogP contribution in [0.3, 0.4) is 0 Å². The molecule has 0 amide bonds. The van der Waals surface area contributed by atoms with Crippen LogP contribution in [-0.4, -0.2) is 28.2 Å². The molecule has 3 heteroatoms. The molecule has 2 rings (SSSR count). The first kappa shape index (κ1) is 36.2.